The third-order valence-electron chi connectivity index (χ3n) is 3.75. The summed E-state index contributed by atoms with van der Waals surface area (Å²) in [5.41, 5.74) is 4.12. The zero-order chi connectivity index (χ0) is 13.8. The molecule has 0 bridgehead atoms. The number of nitrogen functional groups attached to an aromatic ring is 1. The van der Waals surface area contributed by atoms with Gasteiger partial charge in [0.1, 0.15) is 6.10 Å². The van der Waals surface area contributed by atoms with E-state index in [1.54, 1.807) is 19.2 Å². The summed E-state index contributed by atoms with van der Waals surface area (Å²) in [7, 11) is 0. The maximum Gasteiger partial charge on any atom is 0.324 e. The van der Waals surface area contributed by atoms with Gasteiger partial charge < -0.3 is 15.2 Å². The van der Waals surface area contributed by atoms with Gasteiger partial charge in [0.15, 0.2) is 16.1 Å². The molecule has 3 rings (SSSR count). The fourth-order valence-electron chi connectivity index (χ4n) is 2.88. The molecule has 2 saturated heterocycles. The predicted octanol–water partition coefficient (Wildman–Crippen LogP) is 1.21. The number of carbonyl (C=O) groups excluding carboxylic acids is 2. The molecule has 0 aromatic carbocycles. The van der Waals surface area contributed by atoms with Gasteiger partial charge in [0.25, 0.3) is 0 Å². The lowest BCUT2D eigenvalue weighted by molar-refractivity contribution is -0.160. The van der Waals surface area contributed by atoms with Crippen LogP contribution in [-0.2, 0) is 24.7 Å². The molecule has 2 N–H and O–H groups in total. The number of cyclic esters (lactones) is 2. The van der Waals surface area contributed by atoms with E-state index in [1.807, 2.05) is 0 Å². The van der Waals surface area contributed by atoms with Crippen LogP contribution in [0.1, 0.15) is 32.4 Å². The topological polar surface area (TPSA) is 91.5 Å². The maximum atomic E-state index is 12.2. The lowest BCUT2D eigenvalue weighted by atomic mass is 9.78. The summed E-state index contributed by atoms with van der Waals surface area (Å²) in [6.07, 6.45) is 0.355. The molecule has 6 nitrogen and oxygen atoms in total. The van der Waals surface area contributed by atoms with Crippen molar-refractivity contribution >= 4 is 28.4 Å². The molecular weight excluding hydrogens is 268 g/mol. The van der Waals surface area contributed by atoms with Crippen molar-refractivity contribution in [3.05, 3.63) is 11.1 Å². The molecule has 0 radical (unpaired) electrons. The van der Waals surface area contributed by atoms with Crippen molar-refractivity contribution in [3.63, 3.8) is 0 Å². The van der Waals surface area contributed by atoms with E-state index in [9.17, 15) is 9.59 Å². The number of nitrogens with zero attached hydrogens (tertiary/aromatic N) is 1. The number of esters is 2. The molecule has 102 valence electrons. The molecule has 19 heavy (non-hydrogen) atoms. The predicted molar refractivity (Wildman–Crippen MR) is 67.2 cm³/mol. The van der Waals surface area contributed by atoms with Crippen molar-refractivity contribution in [1.82, 2.24) is 4.98 Å². The summed E-state index contributed by atoms with van der Waals surface area (Å²) >= 11 is 1.28. The average molecular weight is 282 g/mol. The van der Waals surface area contributed by atoms with Gasteiger partial charge >= 0.3 is 11.9 Å². The van der Waals surface area contributed by atoms with Crippen LogP contribution in [0.5, 0.6) is 0 Å². The van der Waals surface area contributed by atoms with Gasteiger partial charge in [-0.1, -0.05) is 0 Å². The Labute approximate surface area is 113 Å². The molecule has 0 saturated carbocycles. The molecule has 2 fully saturated rings. The first kappa shape index (κ1) is 12.4. The second-order valence-electron chi connectivity index (χ2n) is 5.37. The number of hydrogen-bond acceptors (Lipinski definition) is 7. The van der Waals surface area contributed by atoms with Crippen LogP contribution < -0.4 is 5.73 Å². The number of hydrogen-bond donors (Lipinski definition) is 1. The zero-order valence-corrected chi connectivity index (χ0v) is 11.5. The molecule has 0 unspecified atom stereocenters. The standard InChI is InChI=1S/C12H14N2O4S/c1-6-3-12(8(15)17-6)5-11(2,18-9(12)16)7-4-19-10(13)14-7/h4,6H,3,5H2,1-2H3,(H2,13,14)/t6-,11-,12-/m0/s1. The van der Waals surface area contributed by atoms with Crippen molar-refractivity contribution in [3.8, 4) is 0 Å². The van der Waals surface area contributed by atoms with Crippen LogP contribution in [0.4, 0.5) is 5.13 Å². The summed E-state index contributed by atoms with van der Waals surface area (Å²) < 4.78 is 10.6. The van der Waals surface area contributed by atoms with E-state index < -0.39 is 23.0 Å². The van der Waals surface area contributed by atoms with Gasteiger partial charge in [-0.15, -0.1) is 11.3 Å². The van der Waals surface area contributed by atoms with E-state index in [0.717, 1.165) is 0 Å². The van der Waals surface area contributed by atoms with Crippen molar-refractivity contribution in [2.45, 2.75) is 38.4 Å². The lowest BCUT2D eigenvalue weighted by Gasteiger charge is -2.20. The first-order valence-corrected chi connectivity index (χ1v) is 6.90. The maximum absolute atomic E-state index is 12.2. The summed E-state index contributed by atoms with van der Waals surface area (Å²) in [5, 5.41) is 2.17. The number of aromatic nitrogens is 1. The largest absolute Gasteiger partial charge is 0.462 e. The van der Waals surface area contributed by atoms with Gasteiger partial charge in [0, 0.05) is 18.2 Å². The third-order valence-corrected chi connectivity index (χ3v) is 4.42. The Kier molecular flexibility index (Phi) is 2.41. The van der Waals surface area contributed by atoms with Gasteiger partial charge in [-0.2, -0.15) is 0 Å². The smallest absolute Gasteiger partial charge is 0.324 e. The lowest BCUT2D eigenvalue weighted by Crippen LogP contribution is -2.31. The van der Waals surface area contributed by atoms with E-state index in [0.29, 0.717) is 17.2 Å². The molecule has 1 aromatic rings. The Morgan fingerprint density at radius 1 is 1.47 bits per heavy atom. The van der Waals surface area contributed by atoms with Gasteiger partial charge in [0.2, 0.25) is 0 Å². The fraction of sp³-hybridized carbons (Fsp3) is 0.583. The van der Waals surface area contributed by atoms with Crippen molar-refractivity contribution in [1.29, 1.82) is 0 Å². The third kappa shape index (κ3) is 1.64. The van der Waals surface area contributed by atoms with E-state index in [-0.39, 0.29) is 12.5 Å². The molecule has 2 aliphatic heterocycles. The second-order valence-corrected chi connectivity index (χ2v) is 6.26. The molecule has 7 heteroatoms. The highest BCUT2D eigenvalue weighted by Gasteiger charge is 2.65. The Morgan fingerprint density at radius 3 is 2.74 bits per heavy atom. The average Bonchev–Trinajstić information content (AvgIpc) is 2.91. The highest BCUT2D eigenvalue weighted by molar-refractivity contribution is 7.13. The van der Waals surface area contributed by atoms with Gasteiger partial charge in [-0.3, -0.25) is 9.59 Å². The first-order chi connectivity index (χ1) is 8.86. The van der Waals surface area contributed by atoms with E-state index in [1.165, 1.54) is 11.3 Å². The summed E-state index contributed by atoms with van der Waals surface area (Å²) in [6.45, 7) is 3.53. The van der Waals surface area contributed by atoms with Crippen molar-refractivity contribution < 1.29 is 19.1 Å². The quantitative estimate of drug-likeness (QED) is 0.615. The zero-order valence-electron chi connectivity index (χ0n) is 10.6. The van der Waals surface area contributed by atoms with Crippen LogP contribution in [0.25, 0.3) is 0 Å². The second kappa shape index (κ2) is 3.69. The van der Waals surface area contributed by atoms with E-state index in [2.05, 4.69) is 4.98 Å². The summed E-state index contributed by atoms with van der Waals surface area (Å²) in [5.74, 6) is -1.01. The van der Waals surface area contributed by atoms with Gasteiger partial charge in [-0.05, 0) is 13.8 Å². The summed E-state index contributed by atoms with van der Waals surface area (Å²) in [6, 6.07) is 0. The minimum Gasteiger partial charge on any atom is -0.462 e. The van der Waals surface area contributed by atoms with Crippen LogP contribution in [0, 0.1) is 5.41 Å². The first-order valence-electron chi connectivity index (χ1n) is 6.02. The highest BCUT2D eigenvalue weighted by Crippen LogP contribution is 2.52. The minimum absolute atomic E-state index is 0.255. The molecule has 0 amide bonds. The SMILES string of the molecule is C[C@H]1C[C@]2(C[C@@](C)(c3csc(N)n3)OC2=O)C(=O)O1. The monoisotopic (exact) mass is 282 g/mol. The molecule has 3 atom stereocenters. The van der Waals surface area contributed by atoms with Crippen LogP contribution in [0.3, 0.4) is 0 Å². The molecule has 1 aromatic heterocycles. The number of rotatable bonds is 1. The highest BCUT2D eigenvalue weighted by atomic mass is 32.1. The number of anilines is 1. The molecule has 3 heterocycles. The molecular formula is C12H14N2O4S. The minimum atomic E-state index is -1.17. The normalized spacial score (nSPS) is 37.7. The molecule has 1 spiro atoms. The molecule has 0 aliphatic carbocycles. The van der Waals surface area contributed by atoms with E-state index in [4.69, 9.17) is 15.2 Å². The Hall–Kier alpha value is -1.63. The fourth-order valence-corrected chi connectivity index (χ4v) is 3.57. The van der Waals surface area contributed by atoms with Crippen LogP contribution >= 0.6 is 11.3 Å². The Bertz CT molecular complexity index is 572. The van der Waals surface area contributed by atoms with Gasteiger partial charge in [0.05, 0.1) is 5.69 Å². The van der Waals surface area contributed by atoms with Gasteiger partial charge in [-0.25, -0.2) is 4.98 Å². The Balaban J connectivity index is 1.98. The number of thiazole rings is 1. The van der Waals surface area contributed by atoms with Crippen LogP contribution in [0.2, 0.25) is 0 Å². The summed E-state index contributed by atoms with van der Waals surface area (Å²) in [4.78, 5) is 28.3. The van der Waals surface area contributed by atoms with Crippen molar-refractivity contribution in [2.75, 3.05) is 5.73 Å². The van der Waals surface area contributed by atoms with E-state index >= 15 is 0 Å². The number of ether oxygens (including phenoxy) is 2. The van der Waals surface area contributed by atoms with Crippen LogP contribution in [0.15, 0.2) is 5.38 Å². The van der Waals surface area contributed by atoms with Crippen molar-refractivity contribution in [2.24, 2.45) is 5.41 Å². The molecule has 2 aliphatic rings. The Morgan fingerprint density at radius 2 is 2.21 bits per heavy atom. The number of nitrogens with two attached hydrogens (primary N) is 1. The number of carbonyl (C=O) groups is 2. The van der Waals surface area contributed by atoms with Crippen LogP contribution in [-0.4, -0.2) is 23.0 Å².